The maximum Gasteiger partial charge on any atom is 0.407 e. The molecule has 6 heteroatoms. The molecule has 3 aliphatic rings. The fourth-order valence-corrected chi connectivity index (χ4v) is 4.50. The summed E-state index contributed by atoms with van der Waals surface area (Å²) >= 11 is 0. The van der Waals surface area contributed by atoms with E-state index in [1.165, 1.54) is 6.42 Å². The lowest BCUT2D eigenvalue weighted by Gasteiger charge is -2.45. The van der Waals surface area contributed by atoms with Gasteiger partial charge in [-0.1, -0.05) is 6.92 Å². The van der Waals surface area contributed by atoms with Crippen molar-refractivity contribution in [2.24, 2.45) is 5.41 Å². The number of carbonyl (C=O) groups is 2. The molecule has 1 saturated carbocycles. The number of nitrogens with one attached hydrogen (secondary N) is 1. The average molecular weight is 351 g/mol. The lowest BCUT2D eigenvalue weighted by atomic mass is 9.74. The number of hydrogen-bond acceptors (Lipinski definition) is 3. The monoisotopic (exact) mass is 351 g/mol. The minimum absolute atomic E-state index is 0.0266. The minimum atomic E-state index is -0.798. The van der Waals surface area contributed by atoms with Crippen LogP contribution in [0.4, 0.5) is 4.79 Å². The standard InChI is InChI=1S/C19H33N3O3/c1-18(16(23)20-19(2)7-4-8-19)9-13-21(14-10-18)15-5-3-11-22(12-6-15)17(24)25/h15H,3-14H2,1-2H3,(H,20,23)(H,24,25). The summed E-state index contributed by atoms with van der Waals surface area (Å²) in [5, 5.41) is 12.5. The number of piperidine rings is 1. The molecule has 2 amide bonds. The smallest absolute Gasteiger partial charge is 0.407 e. The average Bonchev–Trinajstić information content (AvgIpc) is 2.80. The second-order valence-electron chi connectivity index (χ2n) is 8.82. The van der Waals surface area contributed by atoms with Gasteiger partial charge in [-0.25, -0.2) is 4.79 Å². The molecule has 3 fully saturated rings. The van der Waals surface area contributed by atoms with Gasteiger partial charge in [0.1, 0.15) is 0 Å². The predicted octanol–water partition coefficient (Wildman–Crippen LogP) is 2.68. The van der Waals surface area contributed by atoms with Gasteiger partial charge < -0.3 is 20.2 Å². The van der Waals surface area contributed by atoms with Gasteiger partial charge in [-0.2, -0.15) is 0 Å². The summed E-state index contributed by atoms with van der Waals surface area (Å²) in [6, 6.07) is 0.459. The molecule has 2 saturated heterocycles. The van der Waals surface area contributed by atoms with Gasteiger partial charge >= 0.3 is 6.09 Å². The third-order valence-corrected chi connectivity index (χ3v) is 6.81. The molecule has 1 atom stereocenters. The van der Waals surface area contributed by atoms with E-state index in [2.05, 4.69) is 24.1 Å². The first-order valence-corrected chi connectivity index (χ1v) is 9.86. The van der Waals surface area contributed by atoms with E-state index in [1.54, 1.807) is 4.90 Å². The summed E-state index contributed by atoms with van der Waals surface area (Å²) in [5.74, 6) is 0.229. The highest BCUT2D eigenvalue weighted by atomic mass is 16.4. The van der Waals surface area contributed by atoms with Crippen LogP contribution < -0.4 is 5.32 Å². The van der Waals surface area contributed by atoms with Crippen LogP contribution in [-0.2, 0) is 4.79 Å². The number of likely N-dealkylation sites (tertiary alicyclic amines) is 2. The first-order chi connectivity index (χ1) is 11.8. The molecule has 3 rings (SSSR count). The molecule has 142 valence electrons. The van der Waals surface area contributed by atoms with Crippen LogP contribution in [0.2, 0.25) is 0 Å². The van der Waals surface area contributed by atoms with Crippen LogP contribution in [0.1, 0.15) is 65.2 Å². The molecule has 1 unspecified atom stereocenters. The molecule has 0 radical (unpaired) electrons. The van der Waals surface area contributed by atoms with Gasteiger partial charge in [-0.3, -0.25) is 4.79 Å². The summed E-state index contributed by atoms with van der Waals surface area (Å²) < 4.78 is 0. The van der Waals surface area contributed by atoms with Crippen LogP contribution in [0.3, 0.4) is 0 Å². The second kappa shape index (κ2) is 7.14. The molecule has 1 aliphatic carbocycles. The summed E-state index contributed by atoms with van der Waals surface area (Å²) in [5.41, 5.74) is -0.230. The van der Waals surface area contributed by atoms with Gasteiger partial charge in [0.15, 0.2) is 0 Å². The quantitative estimate of drug-likeness (QED) is 0.820. The first kappa shape index (κ1) is 18.5. The Balaban J connectivity index is 1.50. The summed E-state index contributed by atoms with van der Waals surface area (Å²) in [6.07, 6.45) is 7.32. The molecule has 2 N–H and O–H groups in total. The van der Waals surface area contributed by atoms with Crippen molar-refractivity contribution in [3.8, 4) is 0 Å². The van der Waals surface area contributed by atoms with E-state index in [9.17, 15) is 14.7 Å². The van der Waals surface area contributed by atoms with Crippen molar-refractivity contribution in [3.05, 3.63) is 0 Å². The highest BCUT2D eigenvalue weighted by molar-refractivity contribution is 5.83. The van der Waals surface area contributed by atoms with Crippen LogP contribution in [-0.4, -0.2) is 64.7 Å². The van der Waals surface area contributed by atoms with E-state index in [-0.39, 0.29) is 16.9 Å². The van der Waals surface area contributed by atoms with Gasteiger partial charge in [-0.05, 0) is 71.4 Å². The molecule has 6 nitrogen and oxygen atoms in total. The Labute approximate surface area is 150 Å². The van der Waals surface area contributed by atoms with Crippen molar-refractivity contribution in [1.82, 2.24) is 15.1 Å². The topological polar surface area (TPSA) is 72.9 Å². The van der Waals surface area contributed by atoms with Crippen molar-refractivity contribution in [3.63, 3.8) is 0 Å². The fraction of sp³-hybridized carbons (Fsp3) is 0.895. The van der Waals surface area contributed by atoms with E-state index in [1.807, 2.05) is 0 Å². The molecule has 0 aromatic rings. The number of amides is 2. The number of carboxylic acid groups (broad SMARTS) is 1. The SMILES string of the molecule is CC1(NC(=O)C2(C)CCN(C3CCCN(C(=O)O)CC3)CC2)CCC1. The van der Waals surface area contributed by atoms with Gasteiger partial charge in [0.25, 0.3) is 0 Å². The molecule has 2 aliphatic heterocycles. The second-order valence-corrected chi connectivity index (χ2v) is 8.82. The van der Waals surface area contributed by atoms with Gasteiger partial charge in [-0.15, -0.1) is 0 Å². The zero-order chi connectivity index (χ0) is 18.1. The summed E-state index contributed by atoms with van der Waals surface area (Å²) in [4.78, 5) is 28.0. The van der Waals surface area contributed by atoms with Crippen LogP contribution in [0.5, 0.6) is 0 Å². The number of carbonyl (C=O) groups excluding carboxylic acids is 1. The first-order valence-electron chi connectivity index (χ1n) is 9.86. The number of hydrogen-bond donors (Lipinski definition) is 2. The minimum Gasteiger partial charge on any atom is -0.465 e. The Kier molecular flexibility index (Phi) is 5.28. The molecule has 25 heavy (non-hydrogen) atoms. The van der Waals surface area contributed by atoms with Gasteiger partial charge in [0, 0.05) is 30.1 Å². The Morgan fingerprint density at radius 3 is 2.20 bits per heavy atom. The Morgan fingerprint density at radius 2 is 1.64 bits per heavy atom. The van der Waals surface area contributed by atoms with E-state index >= 15 is 0 Å². The predicted molar refractivity (Wildman–Crippen MR) is 96.5 cm³/mol. The molecular weight excluding hydrogens is 318 g/mol. The van der Waals surface area contributed by atoms with Crippen molar-refractivity contribution in [2.75, 3.05) is 26.2 Å². The highest BCUT2D eigenvalue weighted by Gasteiger charge is 2.42. The maximum absolute atomic E-state index is 12.8. The maximum atomic E-state index is 12.8. The van der Waals surface area contributed by atoms with Crippen LogP contribution >= 0.6 is 0 Å². The molecule has 0 spiro atoms. The van der Waals surface area contributed by atoms with Crippen molar-refractivity contribution >= 4 is 12.0 Å². The number of rotatable bonds is 3. The van der Waals surface area contributed by atoms with Crippen LogP contribution in [0.25, 0.3) is 0 Å². The van der Waals surface area contributed by atoms with Gasteiger partial charge in [0.2, 0.25) is 5.91 Å². The zero-order valence-corrected chi connectivity index (χ0v) is 15.7. The fourth-order valence-electron chi connectivity index (χ4n) is 4.50. The third kappa shape index (κ3) is 4.10. The van der Waals surface area contributed by atoms with E-state index in [4.69, 9.17) is 0 Å². The molecule has 0 aromatic heterocycles. The molecule has 0 bridgehead atoms. The van der Waals surface area contributed by atoms with Crippen molar-refractivity contribution < 1.29 is 14.7 Å². The Hall–Kier alpha value is -1.30. The van der Waals surface area contributed by atoms with Crippen LogP contribution in [0.15, 0.2) is 0 Å². The highest BCUT2D eigenvalue weighted by Crippen LogP contribution is 2.37. The van der Waals surface area contributed by atoms with E-state index in [0.717, 1.165) is 58.0 Å². The number of nitrogens with zero attached hydrogens (tertiary/aromatic N) is 2. The van der Waals surface area contributed by atoms with Crippen LogP contribution in [0, 0.1) is 5.41 Å². The Morgan fingerprint density at radius 1 is 0.960 bits per heavy atom. The Bertz CT molecular complexity index is 510. The molecule has 2 heterocycles. The summed E-state index contributed by atoms with van der Waals surface area (Å²) in [7, 11) is 0. The van der Waals surface area contributed by atoms with E-state index in [0.29, 0.717) is 19.1 Å². The lowest BCUT2D eigenvalue weighted by molar-refractivity contribution is -0.136. The lowest BCUT2D eigenvalue weighted by Crippen LogP contribution is -2.57. The largest absolute Gasteiger partial charge is 0.465 e. The zero-order valence-electron chi connectivity index (χ0n) is 15.7. The molecular formula is C19H33N3O3. The van der Waals surface area contributed by atoms with Crippen molar-refractivity contribution in [1.29, 1.82) is 0 Å². The van der Waals surface area contributed by atoms with Crippen molar-refractivity contribution in [2.45, 2.75) is 76.8 Å². The molecule has 0 aromatic carbocycles. The van der Waals surface area contributed by atoms with E-state index < -0.39 is 6.09 Å². The normalized spacial score (nSPS) is 29.4. The van der Waals surface area contributed by atoms with Gasteiger partial charge in [0.05, 0.1) is 0 Å². The third-order valence-electron chi connectivity index (χ3n) is 6.81. The summed E-state index contributed by atoms with van der Waals surface area (Å²) in [6.45, 7) is 7.44.